The van der Waals surface area contributed by atoms with E-state index in [2.05, 4.69) is 51.0 Å². The third-order valence-electron chi connectivity index (χ3n) is 3.69. The first kappa shape index (κ1) is 14.8. The molecular weight excluding hydrogens is 302 g/mol. The van der Waals surface area contributed by atoms with Crippen molar-refractivity contribution in [3.8, 4) is 0 Å². The van der Waals surface area contributed by atoms with Crippen LogP contribution in [0.15, 0.2) is 16.7 Å². The molecule has 0 saturated carbocycles. The zero-order chi connectivity index (χ0) is 13.7. The quantitative estimate of drug-likeness (QED) is 0.899. The van der Waals surface area contributed by atoms with Crippen LogP contribution in [0.1, 0.15) is 31.7 Å². The van der Waals surface area contributed by atoms with E-state index in [1.807, 2.05) is 6.20 Å². The van der Waals surface area contributed by atoms with Crippen LogP contribution in [0.5, 0.6) is 0 Å². The number of hydrogen-bond donors (Lipinski definition) is 1. The number of nitrogens with one attached hydrogen (secondary N) is 1. The Morgan fingerprint density at radius 2 is 2.37 bits per heavy atom. The van der Waals surface area contributed by atoms with E-state index in [0.29, 0.717) is 0 Å². The van der Waals surface area contributed by atoms with Crippen LogP contribution >= 0.6 is 15.9 Å². The standard InChI is InChI=1S/C15H24BrN3/c1-3-7-19(11-13-5-4-6-17-9-13)15-12(2)8-14(16)10-18-15/h8,10,13,17H,3-7,9,11H2,1-2H3. The Morgan fingerprint density at radius 1 is 1.53 bits per heavy atom. The van der Waals surface area contributed by atoms with Gasteiger partial charge in [-0.2, -0.15) is 0 Å². The topological polar surface area (TPSA) is 28.2 Å². The molecule has 0 radical (unpaired) electrons. The third kappa shape index (κ3) is 4.18. The molecule has 1 N–H and O–H groups in total. The number of piperidine rings is 1. The summed E-state index contributed by atoms with van der Waals surface area (Å²) in [5, 5.41) is 3.50. The average Bonchev–Trinajstić information content (AvgIpc) is 2.39. The minimum Gasteiger partial charge on any atom is -0.356 e. The smallest absolute Gasteiger partial charge is 0.131 e. The van der Waals surface area contributed by atoms with Gasteiger partial charge in [0, 0.05) is 23.8 Å². The first-order chi connectivity index (χ1) is 9.20. The van der Waals surface area contributed by atoms with E-state index >= 15 is 0 Å². The van der Waals surface area contributed by atoms with Gasteiger partial charge in [-0.25, -0.2) is 4.98 Å². The summed E-state index contributed by atoms with van der Waals surface area (Å²) < 4.78 is 1.06. The van der Waals surface area contributed by atoms with Gasteiger partial charge in [0.15, 0.2) is 0 Å². The molecule has 0 spiro atoms. The largest absolute Gasteiger partial charge is 0.356 e. The van der Waals surface area contributed by atoms with Crippen molar-refractivity contribution in [2.45, 2.75) is 33.1 Å². The lowest BCUT2D eigenvalue weighted by Crippen LogP contribution is -2.39. The highest BCUT2D eigenvalue weighted by molar-refractivity contribution is 9.10. The van der Waals surface area contributed by atoms with Crippen LogP contribution in [0.4, 0.5) is 5.82 Å². The molecule has 0 aliphatic carbocycles. The van der Waals surface area contributed by atoms with Crippen LogP contribution in [0, 0.1) is 12.8 Å². The molecule has 1 aromatic heterocycles. The number of rotatable bonds is 5. The zero-order valence-electron chi connectivity index (χ0n) is 12.0. The van der Waals surface area contributed by atoms with Crippen molar-refractivity contribution in [3.63, 3.8) is 0 Å². The van der Waals surface area contributed by atoms with E-state index in [1.54, 1.807) is 0 Å². The lowest BCUT2D eigenvalue weighted by atomic mass is 9.99. The molecule has 0 amide bonds. The van der Waals surface area contributed by atoms with Crippen molar-refractivity contribution in [1.29, 1.82) is 0 Å². The van der Waals surface area contributed by atoms with Gasteiger partial charge in [0.05, 0.1) is 0 Å². The molecule has 1 saturated heterocycles. The molecule has 1 atom stereocenters. The second kappa shape index (κ2) is 7.25. The van der Waals surface area contributed by atoms with E-state index in [0.717, 1.165) is 42.3 Å². The van der Waals surface area contributed by atoms with Crippen LogP contribution in [0.25, 0.3) is 0 Å². The second-order valence-electron chi connectivity index (χ2n) is 5.45. The van der Waals surface area contributed by atoms with Gasteiger partial charge in [-0.3, -0.25) is 0 Å². The number of halogens is 1. The Bertz CT molecular complexity index is 402. The minimum atomic E-state index is 0.755. The van der Waals surface area contributed by atoms with Crippen LogP contribution in [-0.4, -0.2) is 31.2 Å². The first-order valence-corrected chi connectivity index (χ1v) is 8.07. The summed E-state index contributed by atoms with van der Waals surface area (Å²) in [6.07, 6.45) is 5.71. The third-order valence-corrected chi connectivity index (χ3v) is 4.12. The average molecular weight is 326 g/mol. The van der Waals surface area contributed by atoms with Gasteiger partial charge in [-0.05, 0) is 72.8 Å². The highest BCUT2D eigenvalue weighted by atomic mass is 79.9. The Balaban J connectivity index is 2.09. The second-order valence-corrected chi connectivity index (χ2v) is 6.37. The fourth-order valence-corrected chi connectivity index (χ4v) is 3.26. The van der Waals surface area contributed by atoms with Crippen molar-refractivity contribution >= 4 is 21.7 Å². The fourth-order valence-electron chi connectivity index (χ4n) is 2.81. The number of nitrogens with zero attached hydrogens (tertiary/aromatic N) is 2. The van der Waals surface area contributed by atoms with Gasteiger partial charge in [0.25, 0.3) is 0 Å². The Labute approximate surface area is 124 Å². The normalized spacial score (nSPS) is 19.4. The van der Waals surface area contributed by atoms with Gasteiger partial charge in [-0.1, -0.05) is 6.92 Å². The maximum Gasteiger partial charge on any atom is 0.131 e. The van der Waals surface area contributed by atoms with Crippen LogP contribution < -0.4 is 10.2 Å². The predicted molar refractivity (Wildman–Crippen MR) is 84.8 cm³/mol. The molecule has 0 bridgehead atoms. The first-order valence-electron chi connectivity index (χ1n) is 7.28. The van der Waals surface area contributed by atoms with Crippen LogP contribution in [0.3, 0.4) is 0 Å². The molecule has 2 rings (SSSR count). The molecule has 1 unspecified atom stereocenters. The highest BCUT2D eigenvalue weighted by Crippen LogP contribution is 2.23. The molecule has 19 heavy (non-hydrogen) atoms. The Kier molecular flexibility index (Phi) is 5.64. The Morgan fingerprint density at radius 3 is 3.00 bits per heavy atom. The maximum absolute atomic E-state index is 4.62. The fraction of sp³-hybridized carbons (Fsp3) is 0.667. The summed E-state index contributed by atoms with van der Waals surface area (Å²) in [5.74, 6) is 1.90. The Hall–Kier alpha value is -0.610. The minimum absolute atomic E-state index is 0.755. The highest BCUT2D eigenvalue weighted by Gasteiger charge is 2.18. The van der Waals surface area contributed by atoms with Crippen molar-refractivity contribution < 1.29 is 0 Å². The van der Waals surface area contributed by atoms with Crippen LogP contribution in [0.2, 0.25) is 0 Å². The predicted octanol–water partition coefficient (Wildman–Crippen LogP) is 3.37. The maximum atomic E-state index is 4.62. The van der Waals surface area contributed by atoms with Gasteiger partial charge in [0.1, 0.15) is 5.82 Å². The number of aryl methyl sites for hydroxylation is 1. The van der Waals surface area contributed by atoms with E-state index in [1.165, 1.54) is 24.9 Å². The molecule has 4 heteroatoms. The van der Waals surface area contributed by atoms with Gasteiger partial charge < -0.3 is 10.2 Å². The van der Waals surface area contributed by atoms with Gasteiger partial charge in [-0.15, -0.1) is 0 Å². The molecule has 1 aromatic rings. The van der Waals surface area contributed by atoms with Crippen molar-refractivity contribution in [2.24, 2.45) is 5.92 Å². The number of aromatic nitrogens is 1. The van der Waals surface area contributed by atoms with Crippen molar-refractivity contribution in [3.05, 3.63) is 22.3 Å². The van der Waals surface area contributed by atoms with Crippen molar-refractivity contribution in [1.82, 2.24) is 10.3 Å². The van der Waals surface area contributed by atoms with Crippen LogP contribution in [-0.2, 0) is 0 Å². The lowest BCUT2D eigenvalue weighted by molar-refractivity contribution is 0.376. The molecule has 2 heterocycles. The molecule has 0 aromatic carbocycles. The summed E-state index contributed by atoms with van der Waals surface area (Å²) in [6.45, 7) is 8.92. The summed E-state index contributed by atoms with van der Waals surface area (Å²) in [6, 6.07) is 2.16. The SMILES string of the molecule is CCCN(CC1CCCNC1)c1ncc(Br)cc1C. The summed E-state index contributed by atoms with van der Waals surface area (Å²) in [7, 11) is 0. The van der Waals surface area contributed by atoms with Crippen molar-refractivity contribution in [2.75, 3.05) is 31.1 Å². The molecule has 1 aliphatic heterocycles. The molecule has 1 fully saturated rings. The van der Waals surface area contributed by atoms with E-state index < -0.39 is 0 Å². The van der Waals surface area contributed by atoms with E-state index in [9.17, 15) is 0 Å². The number of anilines is 1. The number of hydrogen-bond acceptors (Lipinski definition) is 3. The lowest BCUT2D eigenvalue weighted by Gasteiger charge is -2.31. The van der Waals surface area contributed by atoms with E-state index in [-0.39, 0.29) is 0 Å². The van der Waals surface area contributed by atoms with E-state index in [4.69, 9.17) is 0 Å². The summed E-state index contributed by atoms with van der Waals surface area (Å²) >= 11 is 3.49. The molecule has 106 valence electrons. The monoisotopic (exact) mass is 325 g/mol. The summed E-state index contributed by atoms with van der Waals surface area (Å²) in [5.41, 5.74) is 1.26. The zero-order valence-corrected chi connectivity index (χ0v) is 13.5. The molecule has 3 nitrogen and oxygen atoms in total. The van der Waals surface area contributed by atoms with Gasteiger partial charge >= 0.3 is 0 Å². The summed E-state index contributed by atoms with van der Waals surface area (Å²) in [4.78, 5) is 7.08. The molecular formula is C15H24BrN3. The number of pyridine rings is 1. The van der Waals surface area contributed by atoms with Gasteiger partial charge in [0.2, 0.25) is 0 Å². The molecule has 1 aliphatic rings.